The highest BCUT2D eigenvalue weighted by molar-refractivity contribution is 8.79. The molecule has 1 aliphatic rings. The number of rotatable bonds is 5. The Hall–Kier alpha value is 0.470. The van der Waals surface area contributed by atoms with Crippen LogP contribution in [0.5, 0.6) is 0 Å². The SMILES string of the molecule is CC(C)[C@@H]1CC[C@@H](C)C[C@H]1O[P@](=S)(SCl)c1ccccc1. The highest BCUT2D eigenvalue weighted by Gasteiger charge is 2.36. The summed E-state index contributed by atoms with van der Waals surface area (Å²) in [6, 6.07) is 10.1. The highest BCUT2D eigenvalue weighted by atomic mass is 35.7. The quantitative estimate of drug-likeness (QED) is 0.596. The Balaban J connectivity index is 2.21. The van der Waals surface area contributed by atoms with Gasteiger partial charge in [0.25, 0.3) is 0 Å². The van der Waals surface area contributed by atoms with Crippen molar-refractivity contribution in [3.05, 3.63) is 30.3 Å². The van der Waals surface area contributed by atoms with Crippen LogP contribution in [0.25, 0.3) is 0 Å². The van der Waals surface area contributed by atoms with E-state index in [-0.39, 0.29) is 6.10 Å². The van der Waals surface area contributed by atoms with Crippen LogP contribution in [-0.4, -0.2) is 6.10 Å². The molecule has 1 aromatic carbocycles. The Morgan fingerprint density at radius 3 is 2.52 bits per heavy atom. The number of hydrogen-bond donors (Lipinski definition) is 0. The standard InChI is InChI=1S/C16H24ClOPS2/c1-12(2)15-10-9-13(3)11-16(15)18-19(20,21-17)14-7-5-4-6-8-14/h4-8,12-13,15-16H,9-11H2,1-3H3/t13-,15+,16-,19-/m1/s1. The van der Waals surface area contributed by atoms with Gasteiger partial charge in [0.1, 0.15) is 0 Å². The second-order valence-corrected chi connectivity index (χ2v) is 13.7. The van der Waals surface area contributed by atoms with Crippen LogP contribution in [-0.2, 0) is 16.3 Å². The Morgan fingerprint density at radius 2 is 1.95 bits per heavy atom. The van der Waals surface area contributed by atoms with Crippen LogP contribution >= 0.6 is 26.7 Å². The van der Waals surface area contributed by atoms with Crippen molar-refractivity contribution in [1.82, 2.24) is 0 Å². The first-order chi connectivity index (χ1) is 9.96. The Bertz CT molecular complexity index is 494. The lowest BCUT2D eigenvalue weighted by Crippen LogP contribution is -2.34. The van der Waals surface area contributed by atoms with Gasteiger partial charge in [-0.25, -0.2) is 0 Å². The minimum atomic E-state index is -2.21. The molecular formula is C16H24ClOPS2. The van der Waals surface area contributed by atoms with Crippen LogP contribution in [0.4, 0.5) is 0 Å². The molecule has 0 amide bonds. The van der Waals surface area contributed by atoms with Crippen LogP contribution in [0.2, 0.25) is 0 Å². The molecule has 2 rings (SSSR count). The summed E-state index contributed by atoms with van der Waals surface area (Å²) in [4.78, 5) is 0. The molecule has 0 aliphatic heterocycles. The van der Waals surface area contributed by atoms with Crippen LogP contribution in [0, 0.1) is 17.8 Å². The van der Waals surface area contributed by atoms with E-state index >= 15 is 0 Å². The molecule has 0 bridgehead atoms. The predicted molar refractivity (Wildman–Crippen MR) is 100 cm³/mol. The average Bonchev–Trinajstić information content (AvgIpc) is 2.47. The summed E-state index contributed by atoms with van der Waals surface area (Å²) in [5.74, 6) is 1.93. The van der Waals surface area contributed by atoms with Gasteiger partial charge < -0.3 is 4.52 Å². The van der Waals surface area contributed by atoms with Crippen molar-refractivity contribution in [2.24, 2.45) is 17.8 Å². The Labute approximate surface area is 142 Å². The van der Waals surface area contributed by atoms with Crippen LogP contribution in [0.1, 0.15) is 40.0 Å². The maximum atomic E-state index is 6.52. The summed E-state index contributed by atoms with van der Waals surface area (Å²) in [5.41, 5.74) is -2.21. The van der Waals surface area contributed by atoms with E-state index in [4.69, 9.17) is 27.0 Å². The topological polar surface area (TPSA) is 9.23 Å². The van der Waals surface area contributed by atoms with Crippen molar-refractivity contribution in [3.63, 3.8) is 0 Å². The number of benzene rings is 1. The highest BCUT2D eigenvalue weighted by Crippen LogP contribution is 2.63. The van der Waals surface area contributed by atoms with Gasteiger partial charge in [-0.05, 0) is 53.1 Å². The van der Waals surface area contributed by atoms with Crippen LogP contribution in [0.3, 0.4) is 0 Å². The van der Waals surface area contributed by atoms with Gasteiger partial charge in [-0.2, -0.15) is 0 Å². The molecule has 0 heterocycles. The third kappa shape index (κ3) is 4.48. The van der Waals surface area contributed by atoms with E-state index in [1.807, 2.05) is 30.3 Å². The van der Waals surface area contributed by atoms with Crippen molar-refractivity contribution >= 4 is 43.9 Å². The normalized spacial score (nSPS) is 29.3. The van der Waals surface area contributed by atoms with E-state index in [2.05, 4.69) is 20.8 Å². The van der Waals surface area contributed by atoms with Crippen LogP contribution < -0.4 is 5.30 Å². The monoisotopic (exact) mass is 362 g/mol. The van der Waals surface area contributed by atoms with E-state index < -0.39 is 5.47 Å². The zero-order valence-corrected chi connectivity index (χ0v) is 16.2. The molecular weight excluding hydrogens is 339 g/mol. The molecule has 0 N–H and O–H groups in total. The maximum Gasteiger partial charge on any atom is 0.163 e. The van der Waals surface area contributed by atoms with Gasteiger partial charge in [0.05, 0.1) is 6.10 Å². The van der Waals surface area contributed by atoms with Crippen molar-refractivity contribution in [1.29, 1.82) is 0 Å². The number of halogens is 1. The molecule has 0 radical (unpaired) electrons. The average molecular weight is 363 g/mol. The van der Waals surface area contributed by atoms with E-state index in [0.29, 0.717) is 17.8 Å². The zero-order valence-electron chi connectivity index (χ0n) is 12.9. The Kier molecular flexibility index (Phi) is 6.65. The largest absolute Gasteiger partial charge is 0.334 e. The molecule has 0 spiro atoms. The molecule has 5 heteroatoms. The molecule has 1 nitrogen and oxygen atoms in total. The predicted octanol–water partition coefficient (Wildman–Crippen LogP) is 5.99. The fourth-order valence-corrected chi connectivity index (χ4v) is 7.25. The maximum absolute atomic E-state index is 6.52. The third-order valence-corrected chi connectivity index (χ3v) is 11.5. The van der Waals surface area contributed by atoms with Gasteiger partial charge in [-0.1, -0.05) is 57.5 Å². The molecule has 4 atom stereocenters. The molecule has 1 fully saturated rings. The second-order valence-electron chi connectivity index (χ2n) is 6.37. The molecule has 1 aliphatic carbocycles. The lowest BCUT2D eigenvalue weighted by molar-refractivity contribution is 0.0581. The lowest BCUT2D eigenvalue weighted by atomic mass is 9.75. The minimum Gasteiger partial charge on any atom is -0.334 e. The fraction of sp³-hybridized carbons (Fsp3) is 0.625. The van der Waals surface area contributed by atoms with E-state index in [1.54, 1.807) is 0 Å². The summed E-state index contributed by atoms with van der Waals surface area (Å²) >= 11 is 5.85. The zero-order chi connectivity index (χ0) is 15.5. The van der Waals surface area contributed by atoms with E-state index in [1.165, 1.54) is 23.4 Å². The minimum absolute atomic E-state index is 0.242. The van der Waals surface area contributed by atoms with Crippen molar-refractivity contribution < 1.29 is 4.52 Å². The first kappa shape index (κ1) is 17.8. The smallest absolute Gasteiger partial charge is 0.163 e. The van der Waals surface area contributed by atoms with Gasteiger partial charge in [0.15, 0.2) is 5.47 Å². The summed E-state index contributed by atoms with van der Waals surface area (Å²) in [6.45, 7) is 6.89. The Morgan fingerprint density at radius 1 is 1.29 bits per heavy atom. The van der Waals surface area contributed by atoms with Gasteiger partial charge in [-0.3, -0.25) is 0 Å². The van der Waals surface area contributed by atoms with Crippen molar-refractivity contribution in [2.45, 2.75) is 46.1 Å². The molecule has 21 heavy (non-hydrogen) atoms. The second kappa shape index (κ2) is 7.84. The fourth-order valence-electron chi connectivity index (χ4n) is 3.14. The summed E-state index contributed by atoms with van der Waals surface area (Å²) in [5, 5.41) is 1.07. The lowest BCUT2D eigenvalue weighted by Gasteiger charge is -2.39. The van der Waals surface area contributed by atoms with Gasteiger partial charge >= 0.3 is 0 Å². The van der Waals surface area contributed by atoms with E-state index in [0.717, 1.165) is 11.7 Å². The van der Waals surface area contributed by atoms with E-state index in [9.17, 15) is 0 Å². The molecule has 1 aromatic rings. The molecule has 0 saturated heterocycles. The summed E-state index contributed by atoms with van der Waals surface area (Å²) in [6.07, 6.45) is 3.88. The third-order valence-electron chi connectivity index (χ3n) is 4.40. The first-order valence-electron chi connectivity index (χ1n) is 7.60. The van der Waals surface area contributed by atoms with Crippen molar-refractivity contribution in [3.8, 4) is 0 Å². The van der Waals surface area contributed by atoms with Gasteiger partial charge in [0, 0.05) is 15.9 Å². The van der Waals surface area contributed by atoms with Gasteiger partial charge in [0.2, 0.25) is 0 Å². The number of hydrogen-bond acceptors (Lipinski definition) is 3. The summed E-state index contributed by atoms with van der Waals surface area (Å²) in [7, 11) is 7.37. The van der Waals surface area contributed by atoms with Crippen LogP contribution in [0.15, 0.2) is 30.3 Å². The molecule has 0 unspecified atom stereocenters. The molecule has 0 aromatic heterocycles. The van der Waals surface area contributed by atoms with Crippen molar-refractivity contribution in [2.75, 3.05) is 0 Å². The first-order valence-corrected chi connectivity index (χ1v) is 12.6. The molecule has 1 saturated carbocycles. The molecule has 118 valence electrons. The summed E-state index contributed by atoms with van der Waals surface area (Å²) < 4.78 is 6.52. The van der Waals surface area contributed by atoms with Gasteiger partial charge in [-0.15, -0.1) is 0 Å².